The number of hydrogen-bond donors (Lipinski definition) is 1. The lowest BCUT2D eigenvalue weighted by atomic mass is 10.0. The van der Waals surface area contributed by atoms with E-state index in [9.17, 15) is 23.9 Å². The van der Waals surface area contributed by atoms with Crippen molar-refractivity contribution in [1.29, 1.82) is 0 Å². The highest BCUT2D eigenvalue weighted by Gasteiger charge is 2.43. The number of amides is 2. The summed E-state index contributed by atoms with van der Waals surface area (Å²) in [6, 6.07) is 4.39. The summed E-state index contributed by atoms with van der Waals surface area (Å²) in [5.41, 5.74) is 0.522. The molecule has 1 aromatic rings. The van der Waals surface area contributed by atoms with Crippen LogP contribution in [0.25, 0.3) is 0 Å². The first-order valence-electron chi connectivity index (χ1n) is 7.67. The van der Waals surface area contributed by atoms with Crippen LogP contribution in [0.1, 0.15) is 6.42 Å². The molecule has 3 rings (SSSR count). The maximum absolute atomic E-state index is 13.0. The fraction of sp³-hybridized carbons (Fsp3) is 0.438. The van der Waals surface area contributed by atoms with Crippen molar-refractivity contribution in [3.63, 3.8) is 0 Å². The number of carboxylic acid groups (broad SMARTS) is 1. The number of benzene rings is 1. The third kappa shape index (κ3) is 2.96. The van der Waals surface area contributed by atoms with Gasteiger partial charge in [-0.25, -0.2) is 9.18 Å². The Bertz CT molecular complexity index is 663. The summed E-state index contributed by atoms with van der Waals surface area (Å²) in [7, 11) is 0. The standard InChI is InChI=1S/C16H17FN2O5/c17-10-1-3-11(4-2-10)18-6-5-12(14(18)20)15(21)19-7-8-24-9-13(19)16(22)23/h1-4,12-13H,5-9H2,(H,22,23). The average Bonchev–Trinajstić information content (AvgIpc) is 2.96. The molecule has 24 heavy (non-hydrogen) atoms. The molecule has 0 aromatic heterocycles. The second kappa shape index (κ2) is 6.56. The van der Waals surface area contributed by atoms with Crippen molar-refractivity contribution < 1.29 is 28.6 Å². The van der Waals surface area contributed by atoms with Gasteiger partial charge in [0.1, 0.15) is 11.7 Å². The Balaban J connectivity index is 1.75. The number of rotatable bonds is 3. The molecule has 1 aromatic carbocycles. The largest absolute Gasteiger partial charge is 0.480 e. The molecule has 0 bridgehead atoms. The van der Waals surface area contributed by atoms with E-state index >= 15 is 0 Å². The van der Waals surface area contributed by atoms with Gasteiger partial charge in [0.2, 0.25) is 11.8 Å². The smallest absolute Gasteiger partial charge is 0.328 e. The average molecular weight is 336 g/mol. The molecule has 2 heterocycles. The van der Waals surface area contributed by atoms with Crippen LogP contribution in [-0.2, 0) is 19.1 Å². The lowest BCUT2D eigenvalue weighted by Crippen LogP contribution is -2.55. The van der Waals surface area contributed by atoms with Crippen LogP contribution >= 0.6 is 0 Å². The minimum Gasteiger partial charge on any atom is -0.480 e. The molecule has 128 valence electrons. The van der Waals surface area contributed by atoms with Crippen LogP contribution in [0.4, 0.5) is 10.1 Å². The zero-order chi connectivity index (χ0) is 17.3. The lowest BCUT2D eigenvalue weighted by Gasteiger charge is -2.34. The molecule has 2 amide bonds. The van der Waals surface area contributed by atoms with Crippen molar-refractivity contribution in [2.75, 3.05) is 31.2 Å². The van der Waals surface area contributed by atoms with Gasteiger partial charge >= 0.3 is 5.97 Å². The summed E-state index contributed by atoms with van der Waals surface area (Å²) in [5.74, 6) is -3.34. The van der Waals surface area contributed by atoms with Gasteiger partial charge in [-0.2, -0.15) is 0 Å². The van der Waals surface area contributed by atoms with Crippen molar-refractivity contribution in [2.24, 2.45) is 5.92 Å². The summed E-state index contributed by atoms with van der Waals surface area (Å²) in [6.07, 6.45) is 0.304. The van der Waals surface area contributed by atoms with Crippen molar-refractivity contribution in [3.05, 3.63) is 30.1 Å². The van der Waals surface area contributed by atoms with Gasteiger partial charge in [-0.1, -0.05) is 0 Å². The lowest BCUT2D eigenvalue weighted by molar-refractivity contribution is -0.161. The maximum Gasteiger partial charge on any atom is 0.328 e. The van der Waals surface area contributed by atoms with Crippen LogP contribution in [-0.4, -0.2) is 60.1 Å². The fourth-order valence-corrected chi connectivity index (χ4v) is 3.06. The van der Waals surface area contributed by atoms with E-state index in [-0.39, 0.29) is 25.7 Å². The molecule has 0 saturated carbocycles. The molecule has 7 nitrogen and oxygen atoms in total. The Hall–Kier alpha value is -2.48. The predicted octanol–water partition coefficient (Wildman–Crippen LogP) is 0.491. The van der Waals surface area contributed by atoms with E-state index in [2.05, 4.69) is 0 Å². The molecule has 2 aliphatic heterocycles. The SMILES string of the molecule is O=C(O)C1COCCN1C(=O)C1CCN(c2ccc(F)cc2)C1=O. The molecule has 2 atom stereocenters. The summed E-state index contributed by atoms with van der Waals surface area (Å²) in [4.78, 5) is 39.1. The molecule has 2 unspecified atom stereocenters. The summed E-state index contributed by atoms with van der Waals surface area (Å²) >= 11 is 0. The van der Waals surface area contributed by atoms with Crippen LogP contribution in [0.15, 0.2) is 24.3 Å². The first-order valence-corrected chi connectivity index (χ1v) is 7.67. The summed E-state index contributed by atoms with van der Waals surface area (Å²) < 4.78 is 18.1. The van der Waals surface area contributed by atoms with Crippen LogP contribution in [0.5, 0.6) is 0 Å². The molecule has 0 aliphatic carbocycles. The van der Waals surface area contributed by atoms with E-state index in [4.69, 9.17) is 4.74 Å². The maximum atomic E-state index is 13.0. The predicted molar refractivity (Wildman–Crippen MR) is 80.8 cm³/mol. The Morgan fingerprint density at radius 2 is 1.92 bits per heavy atom. The van der Waals surface area contributed by atoms with Crippen molar-refractivity contribution in [2.45, 2.75) is 12.5 Å². The third-order valence-electron chi connectivity index (χ3n) is 4.34. The number of carbonyl (C=O) groups excluding carboxylic acids is 2. The molecular weight excluding hydrogens is 319 g/mol. The molecule has 1 N–H and O–H groups in total. The number of morpholine rings is 1. The number of aliphatic carboxylic acids is 1. The minimum absolute atomic E-state index is 0.0797. The van der Waals surface area contributed by atoms with Crippen molar-refractivity contribution in [3.8, 4) is 0 Å². The van der Waals surface area contributed by atoms with Crippen molar-refractivity contribution in [1.82, 2.24) is 4.90 Å². The Labute approximate surface area is 137 Å². The number of anilines is 1. The van der Waals surface area contributed by atoms with Crippen LogP contribution in [0.3, 0.4) is 0 Å². The highest BCUT2D eigenvalue weighted by molar-refractivity contribution is 6.10. The Morgan fingerprint density at radius 1 is 1.21 bits per heavy atom. The normalized spacial score (nSPS) is 24.3. The number of halogens is 1. The number of nitrogens with zero attached hydrogens (tertiary/aromatic N) is 2. The molecule has 2 saturated heterocycles. The number of hydrogen-bond acceptors (Lipinski definition) is 4. The number of carbonyl (C=O) groups is 3. The van der Waals surface area contributed by atoms with Gasteiger partial charge in [-0.3, -0.25) is 9.59 Å². The molecule has 0 spiro atoms. The topological polar surface area (TPSA) is 87.2 Å². The van der Waals surface area contributed by atoms with Gasteiger partial charge in [0.15, 0.2) is 6.04 Å². The molecule has 2 fully saturated rings. The van der Waals surface area contributed by atoms with E-state index in [1.807, 2.05) is 0 Å². The molecular formula is C16H17FN2O5. The Kier molecular flexibility index (Phi) is 4.48. The highest BCUT2D eigenvalue weighted by atomic mass is 19.1. The first kappa shape index (κ1) is 16.4. The van der Waals surface area contributed by atoms with Gasteiger partial charge in [-0.05, 0) is 30.7 Å². The monoisotopic (exact) mass is 336 g/mol. The van der Waals surface area contributed by atoms with Gasteiger partial charge < -0.3 is 19.6 Å². The quantitative estimate of drug-likeness (QED) is 0.812. The second-order valence-electron chi connectivity index (χ2n) is 5.77. The number of ether oxygens (including phenoxy) is 1. The summed E-state index contributed by atoms with van der Waals surface area (Å²) in [6.45, 7) is 0.654. The van der Waals surface area contributed by atoms with Crippen LogP contribution < -0.4 is 4.90 Å². The molecule has 0 radical (unpaired) electrons. The molecule has 2 aliphatic rings. The van der Waals surface area contributed by atoms with Gasteiger partial charge in [0.05, 0.1) is 13.2 Å². The van der Waals surface area contributed by atoms with E-state index in [1.54, 1.807) is 0 Å². The third-order valence-corrected chi connectivity index (χ3v) is 4.34. The zero-order valence-corrected chi connectivity index (χ0v) is 12.9. The fourth-order valence-electron chi connectivity index (χ4n) is 3.06. The number of carboxylic acids is 1. The van der Waals surface area contributed by atoms with E-state index < -0.39 is 29.7 Å². The van der Waals surface area contributed by atoms with Gasteiger partial charge in [0.25, 0.3) is 0 Å². The second-order valence-corrected chi connectivity index (χ2v) is 5.77. The summed E-state index contributed by atoms with van der Waals surface area (Å²) in [5, 5.41) is 9.22. The molecule has 8 heteroatoms. The van der Waals surface area contributed by atoms with E-state index in [0.29, 0.717) is 18.7 Å². The van der Waals surface area contributed by atoms with Crippen LogP contribution in [0.2, 0.25) is 0 Å². The van der Waals surface area contributed by atoms with Crippen LogP contribution in [0, 0.1) is 11.7 Å². The van der Waals surface area contributed by atoms with E-state index in [1.165, 1.54) is 34.1 Å². The first-order chi connectivity index (χ1) is 11.5. The minimum atomic E-state index is -1.15. The van der Waals surface area contributed by atoms with Gasteiger partial charge in [-0.15, -0.1) is 0 Å². The highest BCUT2D eigenvalue weighted by Crippen LogP contribution is 2.27. The van der Waals surface area contributed by atoms with E-state index in [0.717, 1.165) is 0 Å². The zero-order valence-electron chi connectivity index (χ0n) is 12.9. The Morgan fingerprint density at radius 3 is 2.58 bits per heavy atom. The van der Waals surface area contributed by atoms with Gasteiger partial charge in [0, 0.05) is 18.8 Å². The van der Waals surface area contributed by atoms with Crippen molar-refractivity contribution >= 4 is 23.5 Å².